The lowest BCUT2D eigenvalue weighted by molar-refractivity contribution is 0.825. The average Bonchev–Trinajstić information content (AvgIpc) is 2.29. The lowest BCUT2D eigenvalue weighted by atomic mass is 10.1. The van der Waals surface area contributed by atoms with Crippen LogP contribution in [0.25, 0.3) is 0 Å². The first-order chi connectivity index (χ1) is 7.31. The Bertz CT molecular complexity index is 357. The lowest BCUT2D eigenvalue weighted by Crippen LogP contribution is -2.12. The summed E-state index contributed by atoms with van der Waals surface area (Å²) in [5.74, 6) is 0. The summed E-state index contributed by atoms with van der Waals surface area (Å²) in [5, 5.41) is 11.8. The second-order valence-electron chi connectivity index (χ2n) is 3.28. The molecule has 0 aliphatic carbocycles. The van der Waals surface area contributed by atoms with Gasteiger partial charge in [0.05, 0.1) is 11.9 Å². The van der Waals surface area contributed by atoms with Gasteiger partial charge in [0.2, 0.25) is 0 Å². The number of hydrogen-bond acceptors (Lipinski definition) is 4. The number of aromatic nitrogens is 1. The maximum absolute atomic E-state index is 8.61. The Morgan fingerprint density at radius 3 is 2.93 bits per heavy atom. The molecule has 2 rings (SSSR count). The van der Waals surface area contributed by atoms with Crippen molar-refractivity contribution in [3.63, 3.8) is 0 Å². The molecule has 0 unspecified atom stereocenters. The Morgan fingerprint density at radius 1 is 1.53 bits per heavy atom. The van der Waals surface area contributed by atoms with Gasteiger partial charge in [-0.3, -0.25) is 0 Å². The zero-order valence-corrected chi connectivity index (χ0v) is 9.90. The van der Waals surface area contributed by atoms with Crippen molar-refractivity contribution in [1.29, 1.82) is 5.26 Å². The van der Waals surface area contributed by atoms with Crippen LogP contribution >= 0.6 is 11.8 Å². The van der Waals surface area contributed by atoms with Gasteiger partial charge in [-0.15, -0.1) is 0 Å². The van der Waals surface area contributed by atoms with E-state index in [2.05, 4.69) is 10.3 Å². The second kappa shape index (κ2) is 6.31. The fraction of sp³-hybridized carbons (Fsp3) is 0.455. The van der Waals surface area contributed by atoms with Gasteiger partial charge in [0.15, 0.2) is 0 Å². The van der Waals surface area contributed by atoms with Crippen molar-refractivity contribution < 1.29 is 0 Å². The minimum atomic E-state index is 0.512. The van der Waals surface area contributed by atoms with E-state index in [9.17, 15) is 0 Å². The molecule has 0 bridgehead atoms. The van der Waals surface area contributed by atoms with Crippen LogP contribution in [0.1, 0.15) is 17.7 Å². The molecule has 1 aromatic rings. The van der Waals surface area contributed by atoms with Crippen LogP contribution in [0, 0.1) is 11.3 Å². The zero-order chi connectivity index (χ0) is 11.1. The van der Waals surface area contributed by atoms with Crippen molar-refractivity contribution in [1.82, 2.24) is 4.98 Å². The van der Waals surface area contributed by atoms with Crippen LogP contribution in [0.4, 0.5) is 5.69 Å². The number of hydrogen-bond donors (Lipinski definition) is 1. The number of nitrogens with zero attached hydrogens (tertiary/aromatic N) is 2. The van der Waals surface area contributed by atoms with Crippen LogP contribution in [0.5, 0.6) is 0 Å². The summed E-state index contributed by atoms with van der Waals surface area (Å²) >= 11 is 1.75. The molecule has 4 heteroatoms. The highest BCUT2D eigenvalue weighted by Crippen LogP contribution is 2.20. The third kappa shape index (κ3) is 3.45. The fourth-order valence-electron chi connectivity index (χ4n) is 1.43. The van der Waals surface area contributed by atoms with Gasteiger partial charge < -0.3 is 5.32 Å². The smallest absolute Gasteiger partial charge is 0.140 e. The van der Waals surface area contributed by atoms with Crippen LogP contribution in [0.2, 0.25) is 0 Å². The fourth-order valence-corrected chi connectivity index (χ4v) is 1.43. The molecule has 0 fully saturated rings. The third-order valence-electron chi connectivity index (χ3n) is 2.04. The maximum Gasteiger partial charge on any atom is 0.140 e. The molecule has 1 aliphatic rings. The number of anilines is 1. The van der Waals surface area contributed by atoms with Gasteiger partial charge in [-0.1, -0.05) is 0 Å². The lowest BCUT2D eigenvalue weighted by Gasteiger charge is -2.16. The first-order valence-electron chi connectivity index (χ1n) is 4.85. The quantitative estimate of drug-likeness (QED) is 0.730. The van der Waals surface area contributed by atoms with Crippen LogP contribution in [0.3, 0.4) is 0 Å². The number of fused-ring (bicyclic) bond motifs is 1. The van der Waals surface area contributed by atoms with Crippen LogP contribution in [0.15, 0.2) is 12.3 Å². The van der Waals surface area contributed by atoms with Gasteiger partial charge >= 0.3 is 0 Å². The molecule has 1 aliphatic heterocycles. The summed E-state index contributed by atoms with van der Waals surface area (Å²) in [7, 11) is 0. The molecule has 0 saturated carbocycles. The number of aryl methyl sites for hydroxylation is 1. The standard InChI is InChI=1S/C9H9N3.C2H6S/c10-5-8-4-7-2-1-3-11-9(7)6-12-8;1-3-2/h4,6,11H,1-3H2;1-2H3. The maximum atomic E-state index is 8.61. The highest BCUT2D eigenvalue weighted by Gasteiger charge is 2.08. The molecule has 1 aromatic heterocycles. The van der Waals surface area contributed by atoms with Gasteiger partial charge in [-0.05, 0) is 37.0 Å². The molecule has 0 spiro atoms. The number of rotatable bonds is 0. The number of nitrogens with one attached hydrogen (secondary N) is 1. The number of thioether (sulfide) groups is 1. The van der Waals surface area contributed by atoms with Gasteiger partial charge in [0, 0.05) is 6.54 Å². The van der Waals surface area contributed by atoms with E-state index in [0.717, 1.165) is 25.1 Å². The topological polar surface area (TPSA) is 48.7 Å². The molecule has 0 saturated heterocycles. The zero-order valence-electron chi connectivity index (χ0n) is 9.08. The summed E-state index contributed by atoms with van der Waals surface area (Å²) in [6.45, 7) is 1.01. The van der Waals surface area contributed by atoms with E-state index in [-0.39, 0.29) is 0 Å². The SMILES string of the molecule is CSC.N#Cc1cc2c(cn1)NCCC2. The van der Waals surface area contributed by atoms with Crippen molar-refractivity contribution in [3.8, 4) is 6.07 Å². The Labute approximate surface area is 94.9 Å². The predicted octanol–water partition coefficient (Wildman–Crippen LogP) is 2.29. The summed E-state index contributed by atoms with van der Waals surface area (Å²) in [4.78, 5) is 3.99. The monoisotopic (exact) mass is 221 g/mol. The van der Waals surface area contributed by atoms with E-state index >= 15 is 0 Å². The van der Waals surface area contributed by atoms with Crippen molar-refractivity contribution in [3.05, 3.63) is 23.5 Å². The molecule has 0 aromatic carbocycles. The Balaban J connectivity index is 0.000000337. The van der Waals surface area contributed by atoms with Gasteiger partial charge in [0.25, 0.3) is 0 Å². The Hall–Kier alpha value is -1.21. The van der Waals surface area contributed by atoms with E-state index in [4.69, 9.17) is 5.26 Å². The van der Waals surface area contributed by atoms with E-state index in [1.807, 2.05) is 24.6 Å². The van der Waals surface area contributed by atoms with Crippen molar-refractivity contribution in [2.24, 2.45) is 0 Å². The first-order valence-corrected chi connectivity index (χ1v) is 6.48. The van der Waals surface area contributed by atoms with Crippen molar-refractivity contribution >= 4 is 17.4 Å². The number of nitriles is 1. The molecule has 80 valence electrons. The van der Waals surface area contributed by atoms with E-state index < -0.39 is 0 Å². The molecule has 0 atom stereocenters. The molecule has 1 N–H and O–H groups in total. The van der Waals surface area contributed by atoms with Gasteiger partial charge in [-0.25, -0.2) is 4.98 Å². The summed E-state index contributed by atoms with van der Waals surface area (Å²) in [6, 6.07) is 3.90. The van der Waals surface area contributed by atoms with Crippen molar-refractivity contribution in [2.75, 3.05) is 24.4 Å². The molecule has 0 amide bonds. The van der Waals surface area contributed by atoms with Gasteiger partial charge in [0.1, 0.15) is 11.8 Å². The molecular weight excluding hydrogens is 206 g/mol. The van der Waals surface area contributed by atoms with Crippen molar-refractivity contribution in [2.45, 2.75) is 12.8 Å². The van der Waals surface area contributed by atoms with E-state index in [1.165, 1.54) is 5.56 Å². The van der Waals surface area contributed by atoms with Crippen LogP contribution < -0.4 is 5.32 Å². The van der Waals surface area contributed by atoms with Crippen LogP contribution in [-0.2, 0) is 6.42 Å². The Kier molecular flexibility index (Phi) is 4.99. The Morgan fingerprint density at radius 2 is 2.27 bits per heavy atom. The second-order valence-corrected chi connectivity index (χ2v) is 4.09. The minimum absolute atomic E-state index is 0.512. The predicted molar refractivity (Wildman–Crippen MR) is 65.2 cm³/mol. The highest BCUT2D eigenvalue weighted by atomic mass is 32.2. The average molecular weight is 221 g/mol. The molecule has 15 heavy (non-hydrogen) atoms. The van der Waals surface area contributed by atoms with Gasteiger partial charge in [-0.2, -0.15) is 17.0 Å². The molecule has 0 radical (unpaired) electrons. The normalized spacial score (nSPS) is 12.6. The molecule has 3 nitrogen and oxygen atoms in total. The van der Waals surface area contributed by atoms with E-state index in [1.54, 1.807) is 18.0 Å². The molecular formula is C11H15N3S. The van der Waals surface area contributed by atoms with Crippen LogP contribution in [-0.4, -0.2) is 24.0 Å². The summed E-state index contributed by atoms with van der Waals surface area (Å²) in [6.07, 6.45) is 8.02. The molecule has 2 heterocycles. The minimum Gasteiger partial charge on any atom is -0.384 e. The third-order valence-corrected chi connectivity index (χ3v) is 2.04. The summed E-state index contributed by atoms with van der Waals surface area (Å²) in [5.41, 5.74) is 2.81. The highest BCUT2D eigenvalue weighted by molar-refractivity contribution is 7.97. The largest absolute Gasteiger partial charge is 0.384 e. The van der Waals surface area contributed by atoms with E-state index in [0.29, 0.717) is 5.69 Å². The first kappa shape index (κ1) is 11.9. The number of pyridine rings is 1. The summed E-state index contributed by atoms with van der Waals surface area (Å²) < 4.78 is 0.